The van der Waals surface area contributed by atoms with Crippen LogP contribution < -0.4 is 0 Å². The quantitative estimate of drug-likeness (QED) is 0.713. The molecule has 4 heteroatoms. The standard InChI is InChI=1S/C13H22ClNO2/c1-10-9-17-11(7-14)8-15(10)12(16)13(2)5-3-4-6-13/h10-11H,3-9H2,1-2H3. The lowest BCUT2D eigenvalue weighted by molar-refractivity contribution is -0.152. The first-order valence-electron chi connectivity index (χ1n) is 6.55. The van der Waals surface area contributed by atoms with E-state index in [1.807, 2.05) is 4.90 Å². The average molecular weight is 260 g/mol. The Labute approximate surface area is 108 Å². The van der Waals surface area contributed by atoms with Crippen molar-refractivity contribution in [2.24, 2.45) is 5.41 Å². The highest BCUT2D eigenvalue weighted by Crippen LogP contribution is 2.39. The van der Waals surface area contributed by atoms with Gasteiger partial charge in [-0.25, -0.2) is 0 Å². The van der Waals surface area contributed by atoms with Gasteiger partial charge in [-0.15, -0.1) is 11.6 Å². The van der Waals surface area contributed by atoms with Crippen LogP contribution in [0.25, 0.3) is 0 Å². The molecule has 1 saturated carbocycles. The fraction of sp³-hybridized carbons (Fsp3) is 0.923. The smallest absolute Gasteiger partial charge is 0.228 e. The first-order chi connectivity index (χ1) is 8.07. The molecule has 0 radical (unpaired) electrons. The molecular formula is C13H22ClNO2. The number of rotatable bonds is 2. The molecule has 2 unspecified atom stereocenters. The summed E-state index contributed by atoms with van der Waals surface area (Å²) in [6.07, 6.45) is 4.42. The van der Waals surface area contributed by atoms with Gasteiger partial charge in [0.1, 0.15) is 0 Å². The fourth-order valence-electron chi connectivity index (χ4n) is 2.91. The Bertz CT molecular complexity index is 289. The van der Waals surface area contributed by atoms with Gasteiger partial charge in [-0.2, -0.15) is 0 Å². The van der Waals surface area contributed by atoms with Crippen molar-refractivity contribution in [3.05, 3.63) is 0 Å². The Morgan fingerprint density at radius 2 is 2.12 bits per heavy atom. The van der Waals surface area contributed by atoms with Crippen LogP contribution in [-0.2, 0) is 9.53 Å². The SMILES string of the molecule is CC1COC(CCl)CN1C(=O)C1(C)CCCC1. The number of carbonyl (C=O) groups is 1. The Hall–Kier alpha value is -0.280. The van der Waals surface area contributed by atoms with E-state index < -0.39 is 0 Å². The van der Waals surface area contributed by atoms with Gasteiger partial charge in [-0.05, 0) is 19.8 Å². The molecule has 0 N–H and O–H groups in total. The van der Waals surface area contributed by atoms with Crippen LogP contribution in [0.4, 0.5) is 0 Å². The van der Waals surface area contributed by atoms with E-state index in [2.05, 4.69) is 13.8 Å². The first kappa shape index (κ1) is 13.2. The number of hydrogen-bond donors (Lipinski definition) is 0. The lowest BCUT2D eigenvalue weighted by atomic mass is 9.86. The summed E-state index contributed by atoms with van der Waals surface area (Å²) in [6, 6.07) is 0.180. The Balaban J connectivity index is 2.06. The van der Waals surface area contributed by atoms with E-state index in [-0.39, 0.29) is 17.6 Å². The summed E-state index contributed by atoms with van der Waals surface area (Å²) >= 11 is 5.83. The predicted octanol–water partition coefficient (Wildman–Crippen LogP) is 2.42. The zero-order chi connectivity index (χ0) is 12.5. The molecule has 98 valence electrons. The molecule has 1 heterocycles. The van der Waals surface area contributed by atoms with E-state index >= 15 is 0 Å². The van der Waals surface area contributed by atoms with Crippen LogP contribution in [-0.4, -0.2) is 42.0 Å². The molecule has 3 nitrogen and oxygen atoms in total. The lowest BCUT2D eigenvalue weighted by Crippen LogP contribution is -2.55. The van der Waals surface area contributed by atoms with Crippen molar-refractivity contribution in [3.8, 4) is 0 Å². The summed E-state index contributed by atoms with van der Waals surface area (Å²) in [5.41, 5.74) is -0.136. The third kappa shape index (κ3) is 2.60. The van der Waals surface area contributed by atoms with Gasteiger partial charge in [-0.1, -0.05) is 19.8 Å². The molecule has 1 aliphatic carbocycles. The molecule has 2 rings (SSSR count). The van der Waals surface area contributed by atoms with Gasteiger partial charge >= 0.3 is 0 Å². The Morgan fingerprint density at radius 3 is 2.71 bits per heavy atom. The number of ether oxygens (including phenoxy) is 1. The number of amides is 1. The fourth-order valence-corrected chi connectivity index (χ4v) is 3.10. The monoisotopic (exact) mass is 259 g/mol. The van der Waals surface area contributed by atoms with Gasteiger partial charge in [0.15, 0.2) is 0 Å². The number of alkyl halides is 1. The first-order valence-corrected chi connectivity index (χ1v) is 7.09. The molecule has 0 aromatic carbocycles. The summed E-state index contributed by atoms with van der Waals surface area (Å²) < 4.78 is 5.59. The molecule has 1 saturated heterocycles. The highest BCUT2D eigenvalue weighted by atomic mass is 35.5. The molecule has 17 heavy (non-hydrogen) atoms. The minimum Gasteiger partial charge on any atom is -0.373 e. The molecule has 2 atom stereocenters. The third-order valence-electron chi connectivity index (χ3n) is 4.16. The second kappa shape index (κ2) is 5.15. The minimum atomic E-state index is -0.136. The van der Waals surface area contributed by atoms with E-state index in [0.717, 1.165) is 12.8 Å². The lowest BCUT2D eigenvalue weighted by Gasteiger charge is -2.41. The maximum atomic E-state index is 12.6. The van der Waals surface area contributed by atoms with Crippen LogP contribution in [0.5, 0.6) is 0 Å². The van der Waals surface area contributed by atoms with Crippen molar-refractivity contribution in [2.45, 2.75) is 51.7 Å². The van der Waals surface area contributed by atoms with E-state index in [1.54, 1.807) is 0 Å². The van der Waals surface area contributed by atoms with Crippen molar-refractivity contribution in [3.63, 3.8) is 0 Å². The van der Waals surface area contributed by atoms with Crippen molar-refractivity contribution in [2.75, 3.05) is 19.0 Å². The van der Waals surface area contributed by atoms with Crippen LogP contribution in [0.15, 0.2) is 0 Å². The van der Waals surface area contributed by atoms with Gasteiger partial charge in [0.05, 0.1) is 24.6 Å². The summed E-state index contributed by atoms with van der Waals surface area (Å²) in [7, 11) is 0. The molecule has 0 aromatic heterocycles. The number of hydrogen-bond acceptors (Lipinski definition) is 2. The predicted molar refractivity (Wildman–Crippen MR) is 68.2 cm³/mol. The number of nitrogens with zero attached hydrogens (tertiary/aromatic N) is 1. The van der Waals surface area contributed by atoms with Crippen LogP contribution in [0.3, 0.4) is 0 Å². The molecule has 1 amide bonds. The second-order valence-corrected chi connectivity index (χ2v) is 5.99. The molecule has 2 fully saturated rings. The third-order valence-corrected chi connectivity index (χ3v) is 4.51. The van der Waals surface area contributed by atoms with E-state index in [4.69, 9.17) is 16.3 Å². The molecule has 0 aromatic rings. The summed E-state index contributed by atoms with van der Waals surface area (Å²) in [6.45, 7) is 5.43. The minimum absolute atomic E-state index is 0.00168. The highest BCUT2D eigenvalue weighted by molar-refractivity contribution is 6.18. The average Bonchev–Trinajstić information content (AvgIpc) is 2.77. The Kier molecular flexibility index (Phi) is 3.99. The van der Waals surface area contributed by atoms with E-state index in [0.29, 0.717) is 24.9 Å². The van der Waals surface area contributed by atoms with Gasteiger partial charge in [0.25, 0.3) is 0 Å². The maximum absolute atomic E-state index is 12.6. The zero-order valence-corrected chi connectivity index (χ0v) is 11.5. The molecule has 1 aliphatic heterocycles. The van der Waals surface area contributed by atoms with Gasteiger partial charge in [0, 0.05) is 12.0 Å². The zero-order valence-electron chi connectivity index (χ0n) is 10.7. The van der Waals surface area contributed by atoms with Crippen molar-refractivity contribution < 1.29 is 9.53 Å². The second-order valence-electron chi connectivity index (χ2n) is 5.68. The molecule has 0 spiro atoms. The van der Waals surface area contributed by atoms with Gasteiger partial charge in [0.2, 0.25) is 5.91 Å². The number of halogens is 1. The topological polar surface area (TPSA) is 29.5 Å². The summed E-state index contributed by atoms with van der Waals surface area (Å²) in [4.78, 5) is 14.6. The van der Waals surface area contributed by atoms with Crippen LogP contribution in [0.2, 0.25) is 0 Å². The van der Waals surface area contributed by atoms with Crippen molar-refractivity contribution in [1.29, 1.82) is 0 Å². The van der Waals surface area contributed by atoms with Crippen LogP contribution >= 0.6 is 11.6 Å². The largest absolute Gasteiger partial charge is 0.373 e. The number of carbonyl (C=O) groups excluding carboxylic acids is 1. The molecule has 2 aliphatic rings. The maximum Gasteiger partial charge on any atom is 0.228 e. The number of morpholine rings is 1. The normalized spacial score (nSPS) is 32.8. The van der Waals surface area contributed by atoms with Crippen molar-refractivity contribution >= 4 is 17.5 Å². The molecule has 0 bridgehead atoms. The van der Waals surface area contributed by atoms with Crippen molar-refractivity contribution in [1.82, 2.24) is 4.90 Å². The van der Waals surface area contributed by atoms with E-state index in [1.165, 1.54) is 12.8 Å². The molecular weight excluding hydrogens is 238 g/mol. The van der Waals surface area contributed by atoms with Crippen LogP contribution in [0.1, 0.15) is 39.5 Å². The van der Waals surface area contributed by atoms with Crippen LogP contribution in [0, 0.1) is 5.41 Å². The van der Waals surface area contributed by atoms with Gasteiger partial charge < -0.3 is 9.64 Å². The van der Waals surface area contributed by atoms with Gasteiger partial charge in [-0.3, -0.25) is 4.79 Å². The highest BCUT2D eigenvalue weighted by Gasteiger charge is 2.42. The summed E-state index contributed by atoms with van der Waals surface area (Å²) in [5.74, 6) is 0.772. The van der Waals surface area contributed by atoms with E-state index in [9.17, 15) is 4.79 Å². The summed E-state index contributed by atoms with van der Waals surface area (Å²) in [5, 5.41) is 0. The Morgan fingerprint density at radius 1 is 1.47 bits per heavy atom.